The molecule has 0 aliphatic carbocycles. The van der Waals surface area contributed by atoms with Gasteiger partial charge >= 0.3 is 6.18 Å². The molecule has 134 valence electrons. The summed E-state index contributed by atoms with van der Waals surface area (Å²) in [5, 5.41) is 7.50. The first-order valence-corrected chi connectivity index (χ1v) is 8.51. The Morgan fingerprint density at radius 2 is 1.96 bits per heavy atom. The van der Waals surface area contributed by atoms with E-state index in [1.807, 2.05) is 17.5 Å². The maximum absolute atomic E-state index is 12.7. The van der Waals surface area contributed by atoms with Crippen LogP contribution >= 0.6 is 11.3 Å². The van der Waals surface area contributed by atoms with Gasteiger partial charge in [-0.1, -0.05) is 12.1 Å². The molecule has 0 bridgehead atoms. The lowest BCUT2D eigenvalue weighted by Crippen LogP contribution is -2.22. The number of thiophene rings is 1. The maximum Gasteiger partial charge on any atom is 0.416 e. The molecule has 0 saturated heterocycles. The summed E-state index contributed by atoms with van der Waals surface area (Å²) in [6.45, 7) is 0.431. The summed E-state index contributed by atoms with van der Waals surface area (Å²) in [5.74, 6) is 0.0793. The lowest BCUT2D eigenvalue weighted by Gasteiger charge is -2.10. The fraction of sp³-hybridized carbons (Fsp3) is 0.111. The van der Waals surface area contributed by atoms with Crippen molar-refractivity contribution in [2.24, 2.45) is 0 Å². The van der Waals surface area contributed by atoms with Crippen molar-refractivity contribution in [3.63, 3.8) is 0 Å². The van der Waals surface area contributed by atoms with Crippen LogP contribution in [0.25, 0.3) is 0 Å². The van der Waals surface area contributed by atoms with Crippen LogP contribution in [-0.2, 0) is 12.7 Å². The molecule has 1 amide bonds. The van der Waals surface area contributed by atoms with Crippen LogP contribution in [0.3, 0.4) is 0 Å². The zero-order valence-electron chi connectivity index (χ0n) is 13.4. The van der Waals surface area contributed by atoms with E-state index < -0.39 is 11.7 Å². The third-order valence-corrected chi connectivity index (χ3v) is 4.37. The van der Waals surface area contributed by atoms with Crippen molar-refractivity contribution in [3.05, 3.63) is 76.1 Å². The molecule has 2 heterocycles. The molecule has 0 saturated carbocycles. The minimum atomic E-state index is -4.41. The Morgan fingerprint density at radius 1 is 1.12 bits per heavy atom. The van der Waals surface area contributed by atoms with Crippen LogP contribution in [0.5, 0.6) is 0 Å². The molecule has 8 heteroatoms. The molecular formula is C18H14F3N3OS. The number of rotatable bonds is 5. The van der Waals surface area contributed by atoms with Crippen molar-refractivity contribution in [3.8, 4) is 0 Å². The molecule has 0 unspecified atom stereocenters. The highest BCUT2D eigenvalue weighted by molar-refractivity contribution is 7.09. The van der Waals surface area contributed by atoms with Gasteiger partial charge < -0.3 is 10.6 Å². The quantitative estimate of drug-likeness (QED) is 0.669. The average Bonchev–Trinajstić information content (AvgIpc) is 3.13. The molecule has 3 aromatic rings. The lowest BCUT2D eigenvalue weighted by atomic mass is 10.2. The Balaban J connectivity index is 1.63. The fourth-order valence-corrected chi connectivity index (χ4v) is 2.85. The van der Waals surface area contributed by atoms with E-state index in [4.69, 9.17) is 0 Å². The van der Waals surface area contributed by atoms with Gasteiger partial charge in [-0.3, -0.25) is 4.79 Å². The molecule has 0 spiro atoms. The number of nitrogens with one attached hydrogen (secondary N) is 2. The molecule has 3 rings (SSSR count). The summed E-state index contributed by atoms with van der Waals surface area (Å²) in [4.78, 5) is 17.2. The highest BCUT2D eigenvalue weighted by atomic mass is 32.1. The molecule has 2 aromatic heterocycles. The second-order valence-electron chi connectivity index (χ2n) is 5.40. The van der Waals surface area contributed by atoms with Crippen molar-refractivity contribution in [1.82, 2.24) is 10.3 Å². The predicted molar refractivity (Wildman–Crippen MR) is 94.5 cm³/mol. The number of nitrogens with zero attached hydrogens (tertiary/aromatic N) is 1. The van der Waals surface area contributed by atoms with Crippen LogP contribution in [-0.4, -0.2) is 10.9 Å². The Labute approximate surface area is 151 Å². The second kappa shape index (κ2) is 7.57. The van der Waals surface area contributed by atoms with Crippen molar-refractivity contribution >= 4 is 28.7 Å². The highest BCUT2D eigenvalue weighted by Gasteiger charge is 2.30. The molecule has 0 fully saturated rings. The van der Waals surface area contributed by atoms with Gasteiger partial charge in [0.05, 0.1) is 17.7 Å². The standard InChI is InChI=1S/C18H14F3N3OS/c19-18(20,21)13-3-1-4-14(9-13)24-16-7-6-12(10-22-16)17(25)23-11-15-5-2-8-26-15/h1-10H,11H2,(H,22,24)(H,23,25). The summed E-state index contributed by atoms with van der Waals surface area (Å²) in [7, 11) is 0. The number of pyridine rings is 1. The SMILES string of the molecule is O=C(NCc1cccs1)c1ccc(Nc2cccc(C(F)(F)F)c2)nc1. The van der Waals surface area contributed by atoms with E-state index in [9.17, 15) is 18.0 Å². The zero-order chi connectivity index (χ0) is 18.6. The molecule has 0 radical (unpaired) electrons. The Bertz CT molecular complexity index is 877. The summed E-state index contributed by atoms with van der Waals surface area (Å²) >= 11 is 1.55. The predicted octanol–water partition coefficient (Wildman–Crippen LogP) is 4.84. The summed E-state index contributed by atoms with van der Waals surface area (Å²) in [6.07, 6.45) is -3.03. The number of amides is 1. The molecule has 2 N–H and O–H groups in total. The number of aromatic nitrogens is 1. The number of alkyl halides is 3. The number of carbonyl (C=O) groups is 1. The Kier molecular flexibility index (Phi) is 5.22. The first-order valence-electron chi connectivity index (χ1n) is 7.63. The number of hydrogen-bond acceptors (Lipinski definition) is 4. The van der Waals surface area contributed by atoms with E-state index in [0.29, 0.717) is 17.9 Å². The smallest absolute Gasteiger partial charge is 0.347 e. The average molecular weight is 377 g/mol. The monoisotopic (exact) mass is 377 g/mol. The van der Waals surface area contributed by atoms with E-state index in [2.05, 4.69) is 15.6 Å². The van der Waals surface area contributed by atoms with Gasteiger partial charge in [0.25, 0.3) is 5.91 Å². The van der Waals surface area contributed by atoms with Crippen LogP contribution < -0.4 is 10.6 Å². The number of anilines is 2. The lowest BCUT2D eigenvalue weighted by molar-refractivity contribution is -0.137. The zero-order valence-corrected chi connectivity index (χ0v) is 14.2. The van der Waals surface area contributed by atoms with Gasteiger partial charge in [0, 0.05) is 16.8 Å². The molecule has 0 aliphatic rings. The van der Waals surface area contributed by atoms with E-state index in [0.717, 1.165) is 17.0 Å². The molecular weight excluding hydrogens is 363 g/mol. The molecule has 26 heavy (non-hydrogen) atoms. The van der Waals surface area contributed by atoms with Crippen molar-refractivity contribution in [2.45, 2.75) is 12.7 Å². The summed E-state index contributed by atoms with van der Waals surface area (Å²) < 4.78 is 38.2. The molecule has 0 atom stereocenters. The van der Waals surface area contributed by atoms with Crippen LogP contribution in [0.2, 0.25) is 0 Å². The van der Waals surface area contributed by atoms with Gasteiger partial charge in [-0.2, -0.15) is 13.2 Å². The van der Waals surface area contributed by atoms with Crippen LogP contribution in [0.4, 0.5) is 24.7 Å². The minimum absolute atomic E-state index is 0.266. The first kappa shape index (κ1) is 17.9. The third-order valence-electron chi connectivity index (χ3n) is 3.49. The van der Waals surface area contributed by atoms with E-state index in [1.54, 1.807) is 23.5 Å². The van der Waals surface area contributed by atoms with Crippen molar-refractivity contribution in [1.29, 1.82) is 0 Å². The van der Waals surface area contributed by atoms with Crippen LogP contribution in [0.15, 0.2) is 60.1 Å². The van der Waals surface area contributed by atoms with Crippen LogP contribution in [0.1, 0.15) is 20.8 Å². The van der Waals surface area contributed by atoms with Crippen molar-refractivity contribution < 1.29 is 18.0 Å². The molecule has 1 aromatic carbocycles. The minimum Gasteiger partial charge on any atom is -0.347 e. The maximum atomic E-state index is 12.7. The van der Waals surface area contributed by atoms with Gasteiger partial charge in [-0.15, -0.1) is 11.3 Å². The first-order chi connectivity index (χ1) is 12.4. The summed E-state index contributed by atoms with van der Waals surface area (Å²) in [6, 6.07) is 11.8. The Hall–Kier alpha value is -2.87. The number of carbonyl (C=O) groups excluding carboxylic acids is 1. The van der Waals surface area contributed by atoms with Crippen LogP contribution in [0, 0.1) is 0 Å². The fourth-order valence-electron chi connectivity index (χ4n) is 2.21. The Morgan fingerprint density at radius 3 is 2.62 bits per heavy atom. The largest absolute Gasteiger partial charge is 0.416 e. The normalized spacial score (nSPS) is 11.2. The highest BCUT2D eigenvalue weighted by Crippen LogP contribution is 2.31. The summed E-state index contributed by atoms with van der Waals surface area (Å²) in [5.41, 5.74) is -0.106. The van der Waals surface area contributed by atoms with Gasteiger partial charge in [0.2, 0.25) is 0 Å². The number of hydrogen-bond donors (Lipinski definition) is 2. The van der Waals surface area contributed by atoms with E-state index in [-0.39, 0.29) is 11.6 Å². The van der Waals surface area contributed by atoms with E-state index >= 15 is 0 Å². The van der Waals surface area contributed by atoms with Gasteiger partial charge in [0.15, 0.2) is 0 Å². The van der Waals surface area contributed by atoms with Gasteiger partial charge in [-0.25, -0.2) is 4.98 Å². The topological polar surface area (TPSA) is 54.0 Å². The number of halogens is 3. The molecule has 4 nitrogen and oxygen atoms in total. The van der Waals surface area contributed by atoms with E-state index in [1.165, 1.54) is 18.3 Å². The van der Waals surface area contributed by atoms with Gasteiger partial charge in [0.1, 0.15) is 5.82 Å². The van der Waals surface area contributed by atoms with Crippen molar-refractivity contribution in [2.75, 3.05) is 5.32 Å². The molecule has 0 aliphatic heterocycles. The number of benzene rings is 1. The second-order valence-corrected chi connectivity index (χ2v) is 6.43. The van der Waals surface area contributed by atoms with Gasteiger partial charge in [-0.05, 0) is 41.8 Å². The third kappa shape index (κ3) is 4.60.